The quantitative estimate of drug-likeness (QED) is 0.768. The fourth-order valence-electron chi connectivity index (χ4n) is 1.73. The minimum absolute atomic E-state index is 0.111. The Bertz CT molecular complexity index is 611. The van der Waals surface area contributed by atoms with Gasteiger partial charge in [0.05, 0.1) is 15.1 Å². The number of hydrogen-bond acceptors (Lipinski definition) is 3. The minimum Gasteiger partial charge on any atom is -0.493 e. The fraction of sp³-hybridized carbons (Fsp3) is 0.214. The SMILES string of the molecule is CCCOc1ccn(-c2ccc(OPP)cc2)c(=O)c1. The number of nitrogens with zero attached hydrogens (tertiary/aromatic N) is 1. The number of ether oxygens (including phenoxy) is 1. The van der Waals surface area contributed by atoms with Crippen LogP contribution in [0.4, 0.5) is 0 Å². The largest absolute Gasteiger partial charge is 0.493 e. The van der Waals surface area contributed by atoms with Crippen molar-refractivity contribution in [1.29, 1.82) is 0 Å². The Hall–Kier alpha value is -1.37. The van der Waals surface area contributed by atoms with E-state index in [-0.39, 0.29) is 5.56 Å². The highest BCUT2D eigenvalue weighted by Gasteiger charge is 2.02. The molecular formula is C14H17NO3P2. The molecule has 2 unspecified atom stereocenters. The smallest absolute Gasteiger partial charge is 0.258 e. The van der Waals surface area contributed by atoms with Crippen molar-refractivity contribution in [3.63, 3.8) is 0 Å². The van der Waals surface area contributed by atoms with E-state index in [0.29, 0.717) is 20.9 Å². The van der Waals surface area contributed by atoms with Gasteiger partial charge in [0, 0.05) is 18.0 Å². The van der Waals surface area contributed by atoms with Crippen molar-refractivity contribution >= 4 is 17.4 Å². The van der Waals surface area contributed by atoms with Gasteiger partial charge in [0.1, 0.15) is 11.5 Å². The van der Waals surface area contributed by atoms with Crippen LogP contribution in [-0.2, 0) is 0 Å². The molecule has 0 aliphatic carbocycles. The Kier molecular flexibility index (Phi) is 5.58. The predicted molar refractivity (Wildman–Crippen MR) is 86.5 cm³/mol. The van der Waals surface area contributed by atoms with E-state index in [2.05, 4.69) is 8.93 Å². The molecule has 0 spiro atoms. The van der Waals surface area contributed by atoms with Crippen LogP contribution in [0.2, 0.25) is 0 Å². The molecule has 0 saturated heterocycles. The zero-order valence-corrected chi connectivity index (χ0v) is 13.4. The average molecular weight is 309 g/mol. The maximum atomic E-state index is 12.1. The highest BCUT2D eigenvalue weighted by molar-refractivity contribution is 8.00. The van der Waals surface area contributed by atoms with Crippen molar-refractivity contribution < 1.29 is 9.26 Å². The van der Waals surface area contributed by atoms with Gasteiger partial charge in [-0.25, -0.2) is 0 Å². The normalized spacial score (nSPS) is 10.9. The van der Waals surface area contributed by atoms with Crippen LogP contribution >= 0.6 is 17.4 Å². The van der Waals surface area contributed by atoms with E-state index in [1.165, 1.54) is 6.07 Å². The molecule has 0 radical (unpaired) electrons. The third kappa shape index (κ3) is 3.82. The van der Waals surface area contributed by atoms with Crippen LogP contribution in [0.15, 0.2) is 47.4 Å². The monoisotopic (exact) mass is 309 g/mol. The molecule has 0 amide bonds. The molecule has 2 aromatic rings. The van der Waals surface area contributed by atoms with Crippen LogP contribution < -0.4 is 14.8 Å². The van der Waals surface area contributed by atoms with Gasteiger partial charge in [0.2, 0.25) is 0 Å². The highest BCUT2D eigenvalue weighted by Crippen LogP contribution is 2.26. The second-order valence-electron chi connectivity index (χ2n) is 4.13. The molecular weight excluding hydrogens is 292 g/mol. The zero-order chi connectivity index (χ0) is 14.4. The highest BCUT2D eigenvalue weighted by atomic mass is 32.0. The number of rotatable bonds is 6. The Morgan fingerprint density at radius 3 is 2.55 bits per heavy atom. The lowest BCUT2D eigenvalue weighted by Crippen LogP contribution is -2.16. The Morgan fingerprint density at radius 2 is 1.95 bits per heavy atom. The van der Waals surface area contributed by atoms with Gasteiger partial charge in [-0.1, -0.05) is 15.9 Å². The number of pyridine rings is 1. The summed E-state index contributed by atoms with van der Waals surface area (Å²) in [6.45, 7) is 2.64. The van der Waals surface area contributed by atoms with Gasteiger partial charge in [-0.2, -0.15) is 0 Å². The number of aromatic nitrogens is 1. The van der Waals surface area contributed by atoms with E-state index >= 15 is 0 Å². The molecule has 0 fully saturated rings. The number of benzene rings is 1. The molecule has 0 aliphatic rings. The lowest BCUT2D eigenvalue weighted by Gasteiger charge is -2.09. The van der Waals surface area contributed by atoms with Crippen molar-refractivity contribution in [2.75, 3.05) is 6.61 Å². The van der Waals surface area contributed by atoms with Crippen molar-refractivity contribution in [2.24, 2.45) is 0 Å². The summed E-state index contributed by atoms with van der Waals surface area (Å²) in [5.41, 5.74) is 0.691. The summed E-state index contributed by atoms with van der Waals surface area (Å²) in [4.78, 5) is 12.1. The standard InChI is InChI=1S/C14H17NO3P2/c1-2-9-17-13-7-8-15(14(16)10-13)11-3-5-12(6-4-11)18-20-19/h3-8,10,20H,2,9,19H2,1H3. The first-order valence-electron chi connectivity index (χ1n) is 6.33. The van der Waals surface area contributed by atoms with Crippen molar-refractivity contribution in [3.05, 3.63) is 52.9 Å². The third-order valence-corrected chi connectivity index (χ3v) is 3.36. The van der Waals surface area contributed by atoms with Gasteiger partial charge in [0.15, 0.2) is 0 Å². The molecule has 2 rings (SSSR count). The van der Waals surface area contributed by atoms with Gasteiger partial charge in [-0.3, -0.25) is 9.36 Å². The van der Waals surface area contributed by atoms with E-state index in [9.17, 15) is 4.79 Å². The molecule has 1 aromatic heterocycles. The second kappa shape index (κ2) is 7.42. The first-order valence-corrected chi connectivity index (χ1v) is 9.04. The maximum absolute atomic E-state index is 12.1. The van der Waals surface area contributed by atoms with Crippen LogP contribution in [-0.4, -0.2) is 11.2 Å². The maximum Gasteiger partial charge on any atom is 0.258 e. The molecule has 1 aromatic carbocycles. The van der Waals surface area contributed by atoms with Gasteiger partial charge < -0.3 is 9.26 Å². The summed E-state index contributed by atoms with van der Waals surface area (Å²) in [5, 5.41) is 0. The fourth-order valence-corrected chi connectivity index (χ4v) is 2.41. The molecule has 0 N–H and O–H groups in total. The average Bonchev–Trinajstić information content (AvgIpc) is 2.47. The topological polar surface area (TPSA) is 40.5 Å². The Balaban J connectivity index is 2.22. The lowest BCUT2D eigenvalue weighted by molar-refractivity contribution is 0.316. The summed E-state index contributed by atoms with van der Waals surface area (Å²) in [6.07, 6.45) is 2.64. The minimum atomic E-state index is -0.111. The zero-order valence-electron chi connectivity index (χ0n) is 11.2. The number of hydrogen-bond donors (Lipinski definition) is 0. The molecule has 6 heteroatoms. The van der Waals surface area contributed by atoms with Gasteiger partial charge in [-0.05, 0) is 36.8 Å². The van der Waals surface area contributed by atoms with Crippen LogP contribution in [0.3, 0.4) is 0 Å². The van der Waals surface area contributed by atoms with Crippen LogP contribution in [0.1, 0.15) is 13.3 Å². The third-order valence-electron chi connectivity index (χ3n) is 2.66. The summed E-state index contributed by atoms with van der Waals surface area (Å²) >= 11 is 0. The first kappa shape index (κ1) is 15.0. The molecule has 1 heterocycles. The van der Waals surface area contributed by atoms with Gasteiger partial charge in [0.25, 0.3) is 5.56 Å². The second-order valence-corrected chi connectivity index (χ2v) is 5.28. The van der Waals surface area contributed by atoms with E-state index < -0.39 is 0 Å². The van der Waals surface area contributed by atoms with Crippen molar-refractivity contribution in [1.82, 2.24) is 4.57 Å². The molecule has 0 saturated carbocycles. The summed E-state index contributed by atoms with van der Waals surface area (Å²) in [7, 11) is 2.85. The van der Waals surface area contributed by atoms with E-state index in [1.807, 2.05) is 31.2 Å². The molecule has 0 aliphatic heterocycles. The predicted octanol–water partition coefficient (Wildman–Crippen LogP) is 3.39. The van der Waals surface area contributed by atoms with E-state index in [1.54, 1.807) is 16.8 Å². The molecule has 20 heavy (non-hydrogen) atoms. The van der Waals surface area contributed by atoms with Gasteiger partial charge in [-0.15, -0.1) is 0 Å². The van der Waals surface area contributed by atoms with Crippen LogP contribution in [0, 0.1) is 0 Å². The van der Waals surface area contributed by atoms with Gasteiger partial charge >= 0.3 is 0 Å². The van der Waals surface area contributed by atoms with Crippen LogP contribution in [0.5, 0.6) is 11.5 Å². The summed E-state index contributed by atoms with van der Waals surface area (Å²) < 4.78 is 12.4. The molecule has 2 atom stereocenters. The molecule has 4 nitrogen and oxygen atoms in total. The molecule has 106 valence electrons. The van der Waals surface area contributed by atoms with E-state index in [0.717, 1.165) is 17.9 Å². The van der Waals surface area contributed by atoms with Crippen molar-refractivity contribution in [3.8, 4) is 17.2 Å². The molecule has 0 bridgehead atoms. The van der Waals surface area contributed by atoms with Crippen molar-refractivity contribution in [2.45, 2.75) is 13.3 Å². The van der Waals surface area contributed by atoms with E-state index in [4.69, 9.17) is 9.26 Å². The summed E-state index contributed by atoms with van der Waals surface area (Å²) in [5.74, 6) is 1.40. The Morgan fingerprint density at radius 1 is 1.20 bits per heavy atom. The first-order chi connectivity index (χ1) is 9.74. The summed E-state index contributed by atoms with van der Waals surface area (Å²) in [6, 6.07) is 10.7. The Labute approximate surface area is 122 Å². The van der Waals surface area contributed by atoms with Crippen LogP contribution in [0.25, 0.3) is 5.69 Å². The lowest BCUT2D eigenvalue weighted by atomic mass is 10.3.